The van der Waals surface area contributed by atoms with Gasteiger partial charge in [-0.3, -0.25) is 9.59 Å². The van der Waals surface area contributed by atoms with Crippen LogP contribution in [0.5, 0.6) is 0 Å². The molecular formula is C24H24FN3O2. The number of amides is 1. The van der Waals surface area contributed by atoms with Crippen LogP contribution in [0.15, 0.2) is 71.5 Å². The smallest absolute Gasteiger partial charge is 0.274 e. The first-order valence-electron chi connectivity index (χ1n) is 10.1. The van der Waals surface area contributed by atoms with Gasteiger partial charge in [-0.25, -0.2) is 4.39 Å². The molecule has 1 aliphatic heterocycles. The van der Waals surface area contributed by atoms with Gasteiger partial charge in [0.05, 0.1) is 5.69 Å². The maximum Gasteiger partial charge on any atom is 0.274 e. The van der Waals surface area contributed by atoms with Gasteiger partial charge in [-0.1, -0.05) is 37.3 Å². The van der Waals surface area contributed by atoms with Gasteiger partial charge in [0.1, 0.15) is 11.5 Å². The third kappa shape index (κ3) is 4.32. The van der Waals surface area contributed by atoms with E-state index in [4.69, 9.17) is 0 Å². The van der Waals surface area contributed by atoms with Crippen molar-refractivity contribution in [2.75, 3.05) is 13.1 Å². The highest BCUT2D eigenvalue weighted by Gasteiger charge is 2.36. The van der Waals surface area contributed by atoms with Gasteiger partial charge in [0.2, 0.25) is 0 Å². The molecule has 1 atom stereocenters. The summed E-state index contributed by atoms with van der Waals surface area (Å²) in [5.74, 6) is -0.583. The summed E-state index contributed by atoms with van der Waals surface area (Å²) in [7, 11) is 0. The Kier molecular flexibility index (Phi) is 5.48. The zero-order valence-corrected chi connectivity index (χ0v) is 16.9. The Hall–Kier alpha value is -3.28. The minimum absolute atomic E-state index is 0.0525. The second-order valence-electron chi connectivity index (χ2n) is 8.22. The van der Waals surface area contributed by atoms with E-state index in [1.807, 2.05) is 23.1 Å². The van der Waals surface area contributed by atoms with Gasteiger partial charge < -0.3 is 4.90 Å². The number of carbonyl (C=O) groups excluding carboxylic acids is 1. The lowest BCUT2D eigenvalue weighted by Crippen LogP contribution is -2.33. The van der Waals surface area contributed by atoms with Crippen molar-refractivity contribution in [3.05, 3.63) is 94.2 Å². The molecule has 0 radical (unpaired) electrons. The normalized spacial score (nSPS) is 18.5. The number of aryl methyl sites for hydroxylation is 1. The fourth-order valence-corrected chi connectivity index (χ4v) is 3.95. The molecule has 0 bridgehead atoms. The summed E-state index contributed by atoms with van der Waals surface area (Å²) in [6.45, 7) is 3.55. The molecule has 1 saturated heterocycles. The van der Waals surface area contributed by atoms with Gasteiger partial charge in [0, 0.05) is 19.2 Å². The molecule has 0 N–H and O–H groups in total. The van der Waals surface area contributed by atoms with Crippen molar-refractivity contribution in [2.24, 2.45) is 5.41 Å². The number of likely N-dealkylation sites (tertiary alicyclic amines) is 1. The molecular weight excluding hydrogens is 381 g/mol. The zero-order chi connectivity index (χ0) is 21.1. The van der Waals surface area contributed by atoms with E-state index < -0.39 is 5.82 Å². The van der Waals surface area contributed by atoms with E-state index >= 15 is 0 Å². The second-order valence-corrected chi connectivity index (χ2v) is 8.22. The van der Waals surface area contributed by atoms with Crippen molar-refractivity contribution < 1.29 is 9.18 Å². The van der Waals surface area contributed by atoms with Gasteiger partial charge in [-0.05, 0) is 60.6 Å². The van der Waals surface area contributed by atoms with E-state index in [0.717, 1.165) is 23.9 Å². The van der Waals surface area contributed by atoms with Crippen LogP contribution in [-0.4, -0.2) is 33.7 Å². The van der Waals surface area contributed by atoms with Crippen LogP contribution in [0.25, 0.3) is 5.69 Å². The molecule has 154 valence electrons. The van der Waals surface area contributed by atoms with E-state index in [1.54, 1.807) is 0 Å². The first kappa shape index (κ1) is 20.0. The van der Waals surface area contributed by atoms with Crippen LogP contribution in [0, 0.1) is 11.2 Å². The Morgan fingerprint density at radius 2 is 1.80 bits per heavy atom. The van der Waals surface area contributed by atoms with Crippen molar-refractivity contribution in [3.8, 4) is 5.69 Å². The van der Waals surface area contributed by atoms with Gasteiger partial charge >= 0.3 is 0 Å². The molecule has 30 heavy (non-hydrogen) atoms. The fourth-order valence-electron chi connectivity index (χ4n) is 3.95. The molecule has 0 aliphatic carbocycles. The van der Waals surface area contributed by atoms with Crippen molar-refractivity contribution in [2.45, 2.75) is 26.2 Å². The Labute approximate surface area is 174 Å². The topological polar surface area (TPSA) is 55.2 Å². The van der Waals surface area contributed by atoms with Crippen LogP contribution in [-0.2, 0) is 6.42 Å². The largest absolute Gasteiger partial charge is 0.337 e. The maximum atomic E-state index is 13.2. The highest BCUT2D eigenvalue weighted by molar-refractivity contribution is 5.92. The monoisotopic (exact) mass is 405 g/mol. The SMILES string of the molecule is CC1(CCc2ccccc2)CCN(C(=O)c2ccc(=O)n(-c3ccc(F)cc3)n2)C1. The lowest BCUT2D eigenvalue weighted by Gasteiger charge is -2.24. The highest BCUT2D eigenvalue weighted by atomic mass is 19.1. The lowest BCUT2D eigenvalue weighted by atomic mass is 9.83. The van der Waals surface area contributed by atoms with Gasteiger partial charge in [0.25, 0.3) is 11.5 Å². The molecule has 4 rings (SSSR count). The molecule has 5 nitrogen and oxygen atoms in total. The summed E-state index contributed by atoms with van der Waals surface area (Å²) >= 11 is 0. The van der Waals surface area contributed by atoms with E-state index in [-0.39, 0.29) is 22.6 Å². The first-order chi connectivity index (χ1) is 14.4. The Morgan fingerprint density at radius 1 is 1.07 bits per heavy atom. The van der Waals surface area contributed by atoms with Crippen molar-refractivity contribution in [1.29, 1.82) is 0 Å². The van der Waals surface area contributed by atoms with Crippen LogP contribution >= 0.6 is 0 Å². The molecule has 1 fully saturated rings. The molecule has 6 heteroatoms. The van der Waals surface area contributed by atoms with Crippen molar-refractivity contribution >= 4 is 5.91 Å². The summed E-state index contributed by atoms with van der Waals surface area (Å²) in [6.07, 6.45) is 2.92. The summed E-state index contributed by atoms with van der Waals surface area (Å²) < 4.78 is 14.3. The predicted molar refractivity (Wildman–Crippen MR) is 113 cm³/mol. The molecule has 1 aromatic heterocycles. The number of hydrogen-bond acceptors (Lipinski definition) is 3. The Bertz CT molecular complexity index is 1100. The van der Waals surface area contributed by atoms with E-state index in [1.165, 1.54) is 42.0 Å². The summed E-state index contributed by atoms with van der Waals surface area (Å²) in [6, 6.07) is 18.6. The molecule has 1 aliphatic rings. The highest BCUT2D eigenvalue weighted by Crippen LogP contribution is 2.35. The van der Waals surface area contributed by atoms with E-state index in [2.05, 4.69) is 24.2 Å². The number of rotatable bonds is 5. The maximum absolute atomic E-state index is 13.2. The Balaban J connectivity index is 1.48. The summed E-state index contributed by atoms with van der Waals surface area (Å²) in [4.78, 5) is 27.1. The molecule has 0 spiro atoms. The molecule has 1 unspecified atom stereocenters. The second kappa shape index (κ2) is 8.22. The quantitative estimate of drug-likeness (QED) is 0.648. The summed E-state index contributed by atoms with van der Waals surface area (Å²) in [5, 5.41) is 4.25. The number of nitrogens with zero attached hydrogens (tertiary/aromatic N) is 3. The average molecular weight is 405 g/mol. The lowest BCUT2D eigenvalue weighted by molar-refractivity contribution is 0.0766. The van der Waals surface area contributed by atoms with E-state index in [0.29, 0.717) is 18.8 Å². The van der Waals surface area contributed by atoms with Crippen LogP contribution in [0.2, 0.25) is 0 Å². The predicted octanol–water partition coefficient (Wildman–Crippen LogP) is 3.86. The first-order valence-corrected chi connectivity index (χ1v) is 10.1. The molecule has 0 saturated carbocycles. The molecule has 2 aromatic carbocycles. The van der Waals surface area contributed by atoms with Crippen molar-refractivity contribution in [1.82, 2.24) is 14.7 Å². The number of benzene rings is 2. The number of aromatic nitrogens is 2. The third-order valence-corrected chi connectivity index (χ3v) is 5.80. The average Bonchev–Trinajstić information content (AvgIpc) is 3.16. The molecule has 1 amide bonds. The van der Waals surface area contributed by atoms with E-state index in [9.17, 15) is 14.0 Å². The molecule has 3 aromatic rings. The van der Waals surface area contributed by atoms with Crippen LogP contribution < -0.4 is 5.56 Å². The minimum Gasteiger partial charge on any atom is -0.337 e. The number of carbonyl (C=O) groups is 1. The van der Waals surface area contributed by atoms with Crippen LogP contribution in [0.1, 0.15) is 35.8 Å². The van der Waals surface area contributed by atoms with Crippen LogP contribution in [0.3, 0.4) is 0 Å². The standard InChI is InChI=1S/C24H24FN3O2/c1-24(14-13-18-5-3-2-4-6-18)15-16-27(17-24)23(30)21-11-12-22(29)28(26-21)20-9-7-19(25)8-10-20/h2-12H,13-17H2,1H3. The van der Waals surface area contributed by atoms with Crippen molar-refractivity contribution in [3.63, 3.8) is 0 Å². The fraction of sp³-hybridized carbons (Fsp3) is 0.292. The van der Waals surface area contributed by atoms with Gasteiger partial charge in [-0.15, -0.1) is 0 Å². The third-order valence-electron chi connectivity index (χ3n) is 5.80. The summed E-state index contributed by atoms with van der Waals surface area (Å²) in [5.41, 5.74) is 1.62. The number of halogens is 1. The minimum atomic E-state index is -0.397. The zero-order valence-electron chi connectivity index (χ0n) is 16.9. The number of hydrogen-bond donors (Lipinski definition) is 0. The van der Waals surface area contributed by atoms with Crippen LogP contribution in [0.4, 0.5) is 4.39 Å². The molecule has 2 heterocycles. The van der Waals surface area contributed by atoms with Gasteiger partial charge in [-0.2, -0.15) is 9.78 Å². The van der Waals surface area contributed by atoms with Gasteiger partial charge in [0.15, 0.2) is 0 Å². The Morgan fingerprint density at radius 3 is 2.53 bits per heavy atom.